The van der Waals surface area contributed by atoms with Crippen LogP contribution in [0.2, 0.25) is 0 Å². The number of aromatic nitrogens is 1. The molecule has 14 heteroatoms. The molecule has 8 nitrogen and oxygen atoms in total. The van der Waals surface area contributed by atoms with Crippen LogP contribution in [-0.2, 0) is 39.8 Å². The molecule has 1 N–H and O–H groups in total. The summed E-state index contributed by atoms with van der Waals surface area (Å²) in [5.41, 5.74) is -0.185. The number of ether oxygens (including phenoxy) is 1. The second kappa shape index (κ2) is 13.6. The number of piperazine rings is 1. The van der Waals surface area contributed by atoms with Gasteiger partial charge in [0.05, 0.1) is 23.6 Å². The molecule has 2 saturated heterocycles. The largest absolute Gasteiger partial charge is 0.444 e. The van der Waals surface area contributed by atoms with E-state index in [2.05, 4.69) is 30.1 Å². The molecular formula is C34H32F6N4O4. The van der Waals surface area contributed by atoms with Crippen LogP contribution in [0.15, 0.2) is 79.0 Å². The van der Waals surface area contributed by atoms with Gasteiger partial charge in [-0.1, -0.05) is 55.5 Å². The van der Waals surface area contributed by atoms with Crippen molar-refractivity contribution in [3.05, 3.63) is 107 Å². The summed E-state index contributed by atoms with van der Waals surface area (Å²) in [6.45, 7) is 2.60. The van der Waals surface area contributed by atoms with E-state index in [1.165, 1.54) is 31.2 Å². The topological polar surface area (TPSA) is 85.9 Å². The molecule has 0 saturated carbocycles. The Balaban J connectivity index is 0.000000380. The van der Waals surface area contributed by atoms with Gasteiger partial charge in [0.2, 0.25) is 11.8 Å². The van der Waals surface area contributed by atoms with Crippen molar-refractivity contribution >= 4 is 28.8 Å². The first-order valence-corrected chi connectivity index (χ1v) is 15.0. The molecule has 6 rings (SSSR count). The Morgan fingerprint density at radius 3 is 2.12 bits per heavy atom. The molecule has 1 aromatic heterocycles. The molecule has 3 heterocycles. The Bertz CT molecular complexity index is 1760. The van der Waals surface area contributed by atoms with Gasteiger partial charge in [-0.05, 0) is 47.9 Å². The summed E-state index contributed by atoms with van der Waals surface area (Å²) in [6, 6.07) is 18.3. The fourth-order valence-electron chi connectivity index (χ4n) is 5.72. The highest BCUT2D eigenvalue weighted by molar-refractivity contribution is 5.89. The van der Waals surface area contributed by atoms with Gasteiger partial charge in [0.25, 0.3) is 0 Å². The lowest BCUT2D eigenvalue weighted by Gasteiger charge is -2.49. The molecule has 254 valence electrons. The number of para-hydroxylation sites is 1. The van der Waals surface area contributed by atoms with Crippen molar-refractivity contribution in [2.75, 3.05) is 19.6 Å². The monoisotopic (exact) mass is 674 g/mol. The first kappa shape index (κ1) is 34.3. The number of nitrogens with one attached hydrogen (secondary N) is 1. The van der Waals surface area contributed by atoms with Crippen molar-refractivity contribution in [3.8, 4) is 0 Å². The summed E-state index contributed by atoms with van der Waals surface area (Å²) in [5, 5.41) is 1.32. The molecule has 0 radical (unpaired) electrons. The van der Waals surface area contributed by atoms with E-state index in [1.54, 1.807) is 19.1 Å². The van der Waals surface area contributed by atoms with Crippen molar-refractivity contribution < 1.29 is 45.5 Å². The van der Waals surface area contributed by atoms with Crippen LogP contribution < -0.4 is 0 Å². The Labute approximate surface area is 271 Å². The predicted octanol–water partition coefficient (Wildman–Crippen LogP) is 6.99. The van der Waals surface area contributed by atoms with Gasteiger partial charge in [0, 0.05) is 30.2 Å². The van der Waals surface area contributed by atoms with Crippen LogP contribution in [0.5, 0.6) is 0 Å². The van der Waals surface area contributed by atoms with Crippen molar-refractivity contribution in [1.29, 1.82) is 0 Å². The van der Waals surface area contributed by atoms with E-state index in [0.29, 0.717) is 12.1 Å². The van der Waals surface area contributed by atoms with Crippen LogP contribution in [0.4, 0.5) is 31.1 Å². The number of hydrogen-bond donors (Lipinski definition) is 1. The number of benzene rings is 3. The zero-order valence-electron chi connectivity index (χ0n) is 25.9. The lowest BCUT2D eigenvalue weighted by atomic mass is 10.0. The smallest absolute Gasteiger partial charge is 0.416 e. The Morgan fingerprint density at radius 1 is 0.875 bits per heavy atom. The normalized spacial score (nSPS) is 18.4. The van der Waals surface area contributed by atoms with Gasteiger partial charge in [-0.2, -0.15) is 26.3 Å². The Morgan fingerprint density at radius 2 is 1.50 bits per heavy atom. The third kappa shape index (κ3) is 7.75. The molecule has 2 aliphatic heterocycles. The molecule has 0 spiro atoms. The maximum absolute atomic E-state index is 13.2. The number of nitrogens with zero attached hydrogens (tertiary/aromatic N) is 3. The molecule has 2 unspecified atom stereocenters. The third-order valence-corrected chi connectivity index (χ3v) is 8.19. The Hall–Kier alpha value is -5.01. The number of rotatable bonds is 4. The van der Waals surface area contributed by atoms with E-state index in [9.17, 15) is 40.7 Å². The Kier molecular flexibility index (Phi) is 9.74. The maximum Gasteiger partial charge on any atom is 0.416 e. The number of alkyl halides is 6. The van der Waals surface area contributed by atoms with Gasteiger partial charge < -0.3 is 19.5 Å². The highest BCUT2D eigenvalue weighted by Gasteiger charge is 2.46. The van der Waals surface area contributed by atoms with Crippen LogP contribution in [-0.4, -0.2) is 63.4 Å². The number of aromatic amines is 1. The van der Waals surface area contributed by atoms with Gasteiger partial charge in [-0.15, -0.1) is 0 Å². The van der Waals surface area contributed by atoms with Crippen LogP contribution in [0.25, 0.3) is 10.9 Å². The molecule has 3 amide bonds. The standard InChI is InChI=1S/C25H23F6N3O4.C9H9N/c1-15-10-34(20-12-32(11-16-5-3-2-4-6-16)21(35)13-33(20)22(15)36)23(37)38-14-17-7-18(24(26,27)28)9-19(8-17)25(29,30)31;1-7-6-10-9-5-3-2-4-8(7)9/h2-9,15,20H,10-14H2,1H3;2-6,10H,1H3. The third-order valence-electron chi connectivity index (χ3n) is 8.19. The maximum atomic E-state index is 13.2. The van der Waals surface area contributed by atoms with E-state index in [-0.39, 0.29) is 44.1 Å². The van der Waals surface area contributed by atoms with Gasteiger partial charge >= 0.3 is 18.4 Å². The summed E-state index contributed by atoms with van der Waals surface area (Å²) in [5.74, 6) is -1.37. The molecule has 2 aliphatic rings. The molecule has 0 bridgehead atoms. The molecule has 0 aliphatic carbocycles. The second-order valence-corrected chi connectivity index (χ2v) is 11.7. The minimum atomic E-state index is -5.04. The lowest BCUT2D eigenvalue weighted by Crippen LogP contribution is -2.69. The average Bonchev–Trinajstić information content (AvgIpc) is 3.42. The molecule has 3 aromatic carbocycles. The number of H-pyrrole nitrogens is 1. The van der Waals surface area contributed by atoms with Gasteiger partial charge in [-0.3, -0.25) is 14.5 Å². The lowest BCUT2D eigenvalue weighted by molar-refractivity contribution is -0.164. The van der Waals surface area contributed by atoms with Gasteiger partial charge in [0.1, 0.15) is 19.3 Å². The van der Waals surface area contributed by atoms with Crippen molar-refractivity contribution in [2.24, 2.45) is 5.92 Å². The highest BCUT2D eigenvalue weighted by atomic mass is 19.4. The molecule has 4 aromatic rings. The minimum absolute atomic E-state index is 0.0124. The zero-order chi connectivity index (χ0) is 34.8. The molecule has 48 heavy (non-hydrogen) atoms. The van der Waals surface area contributed by atoms with E-state index in [0.717, 1.165) is 5.56 Å². The highest BCUT2D eigenvalue weighted by Crippen LogP contribution is 2.36. The predicted molar refractivity (Wildman–Crippen MR) is 163 cm³/mol. The number of amides is 3. The van der Waals surface area contributed by atoms with Gasteiger partial charge in [0.15, 0.2) is 0 Å². The average molecular weight is 675 g/mol. The quantitative estimate of drug-likeness (QED) is 0.237. The number of halogens is 6. The summed E-state index contributed by atoms with van der Waals surface area (Å²) in [4.78, 5) is 45.6. The van der Waals surface area contributed by atoms with Crippen LogP contribution in [0, 0.1) is 12.8 Å². The number of aryl methyl sites for hydroxylation is 1. The summed E-state index contributed by atoms with van der Waals surface area (Å²) >= 11 is 0. The van der Waals surface area contributed by atoms with Crippen molar-refractivity contribution in [3.63, 3.8) is 0 Å². The van der Waals surface area contributed by atoms with E-state index < -0.39 is 53.8 Å². The molecule has 2 fully saturated rings. The van der Waals surface area contributed by atoms with Crippen molar-refractivity contribution in [1.82, 2.24) is 19.7 Å². The first-order chi connectivity index (χ1) is 22.6. The van der Waals surface area contributed by atoms with Gasteiger partial charge in [-0.25, -0.2) is 4.79 Å². The number of carbonyl (C=O) groups is 3. The van der Waals surface area contributed by atoms with Crippen LogP contribution in [0.3, 0.4) is 0 Å². The van der Waals surface area contributed by atoms with E-state index in [4.69, 9.17) is 4.74 Å². The minimum Gasteiger partial charge on any atom is -0.444 e. The summed E-state index contributed by atoms with van der Waals surface area (Å²) in [7, 11) is 0. The fraction of sp³-hybridized carbons (Fsp3) is 0.324. The SMILES string of the molecule is CC1CN(C(=O)OCc2cc(C(F)(F)F)cc(C(F)(F)F)c2)C2CN(Cc3ccccc3)C(=O)CN2C1=O.Cc1c[nH]c2ccccc12. The first-order valence-electron chi connectivity index (χ1n) is 15.0. The number of fused-ring (bicyclic) bond motifs is 2. The molecular weight excluding hydrogens is 642 g/mol. The van der Waals surface area contributed by atoms with E-state index in [1.807, 2.05) is 30.5 Å². The summed E-state index contributed by atoms with van der Waals surface area (Å²) < 4.78 is 84.1. The number of hydrogen-bond acceptors (Lipinski definition) is 4. The molecule has 2 atom stereocenters. The number of carbonyl (C=O) groups excluding carboxylic acids is 3. The van der Waals surface area contributed by atoms with E-state index >= 15 is 0 Å². The second-order valence-electron chi connectivity index (χ2n) is 11.7. The van der Waals surface area contributed by atoms with Crippen molar-refractivity contribution in [2.45, 2.75) is 45.5 Å². The van der Waals surface area contributed by atoms with Crippen LogP contribution in [0.1, 0.15) is 34.7 Å². The fourth-order valence-corrected chi connectivity index (χ4v) is 5.72. The van der Waals surface area contributed by atoms with Crippen LogP contribution >= 0.6 is 0 Å². The zero-order valence-corrected chi connectivity index (χ0v) is 25.9. The summed E-state index contributed by atoms with van der Waals surface area (Å²) in [6.07, 6.45) is -9.98.